The number of anilines is 1. The molecular formula is C23H32N4O2+2. The van der Waals surface area contributed by atoms with Crippen LogP contribution in [0.4, 0.5) is 5.69 Å². The first-order chi connectivity index (χ1) is 13.9. The highest BCUT2D eigenvalue weighted by atomic mass is 16.2. The molecule has 2 aromatic rings. The lowest BCUT2D eigenvalue weighted by molar-refractivity contribution is -1.02. The Morgan fingerprint density at radius 3 is 2.00 bits per heavy atom. The van der Waals surface area contributed by atoms with Crippen LogP contribution in [0.3, 0.4) is 0 Å². The first-order valence-electron chi connectivity index (χ1n) is 10.3. The van der Waals surface area contributed by atoms with Gasteiger partial charge in [0.15, 0.2) is 0 Å². The quantitative estimate of drug-likeness (QED) is 0.516. The van der Waals surface area contributed by atoms with Gasteiger partial charge < -0.3 is 20.4 Å². The third-order valence-electron chi connectivity index (χ3n) is 5.70. The van der Waals surface area contributed by atoms with Crippen LogP contribution in [0.5, 0.6) is 0 Å². The Morgan fingerprint density at radius 2 is 1.41 bits per heavy atom. The van der Waals surface area contributed by atoms with Gasteiger partial charge >= 0.3 is 11.8 Å². The van der Waals surface area contributed by atoms with Crippen LogP contribution in [0.15, 0.2) is 48.5 Å². The largest absolute Gasteiger partial charge is 0.341 e. The van der Waals surface area contributed by atoms with Gasteiger partial charge in [-0.15, -0.1) is 0 Å². The molecule has 0 spiro atoms. The van der Waals surface area contributed by atoms with Crippen molar-refractivity contribution in [2.75, 3.05) is 45.1 Å². The summed E-state index contributed by atoms with van der Waals surface area (Å²) in [5.41, 5.74) is 4.14. The molecule has 1 fully saturated rings. The Labute approximate surface area is 172 Å². The molecule has 2 aromatic carbocycles. The molecule has 2 amide bonds. The molecule has 154 valence electrons. The van der Waals surface area contributed by atoms with Gasteiger partial charge in [-0.05, 0) is 26.0 Å². The summed E-state index contributed by atoms with van der Waals surface area (Å²) in [7, 11) is 2.22. The summed E-state index contributed by atoms with van der Waals surface area (Å²) in [5.74, 6) is -1.23. The van der Waals surface area contributed by atoms with Gasteiger partial charge in [0.05, 0.1) is 13.6 Å². The van der Waals surface area contributed by atoms with Crippen LogP contribution in [0.25, 0.3) is 0 Å². The maximum atomic E-state index is 12.4. The molecule has 29 heavy (non-hydrogen) atoms. The van der Waals surface area contributed by atoms with Gasteiger partial charge in [0.25, 0.3) is 0 Å². The molecule has 0 unspecified atom stereocenters. The Bertz CT molecular complexity index is 825. The van der Waals surface area contributed by atoms with E-state index in [9.17, 15) is 9.59 Å². The van der Waals surface area contributed by atoms with E-state index in [1.165, 1.54) is 20.9 Å². The number of carbonyl (C=O) groups is 2. The predicted molar refractivity (Wildman–Crippen MR) is 114 cm³/mol. The number of hydrogen-bond donors (Lipinski definition) is 4. The van der Waals surface area contributed by atoms with Crippen molar-refractivity contribution in [2.45, 2.75) is 19.9 Å². The summed E-state index contributed by atoms with van der Waals surface area (Å²) in [6.45, 7) is 8.82. The zero-order valence-electron chi connectivity index (χ0n) is 17.5. The van der Waals surface area contributed by atoms with Crippen LogP contribution < -0.4 is 20.4 Å². The SMILES string of the molecule is Cc1ccc(NC(=O)C(=O)NC[C@H](c2ccc(C)cc2)[NH+]2CC[NH+](C)CC2)cc1. The van der Waals surface area contributed by atoms with Crippen LogP contribution in [0.2, 0.25) is 0 Å². The standard InChI is InChI=1S/C23H30N4O2/c1-17-4-8-19(9-5-17)21(27-14-12-26(3)13-15-27)16-24-22(28)23(29)25-20-10-6-18(2)7-11-20/h4-11,21H,12-16H2,1-3H3,(H,24,28)(H,25,29)/p+2/t21-/m1/s1. The number of piperazine rings is 1. The lowest BCUT2D eigenvalue weighted by Crippen LogP contribution is -3.27. The minimum Gasteiger partial charge on any atom is -0.341 e. The maximum Gasteiger partial charge on any atom is 0.313 e. The van der Waals surface area contributed by atoms with Gasteiger partial charge in [-0.25, -0.2) is 0 Å². The smallest absolute Gasteiger partial charge is 0.313 e. The Morgan fingerprint density at radius 1 is 0.862 bits per heavy atom. The van der Waals surface area contributed by atoms with Crippen molar-refractivity contribution in [1.29, 1.82) is 0 Å². The second-order valence-electron chi connectivity index (χ2n) is 8.11. The Balaban J connectivity index is 1.63. The van der Waals surface area contributed by atoms with Gasteiger partial charge in [-0.3, -0.25) is 9.59 Å². The molecule has 6 heteroatoms. The van der Waals surface area contributed by atoms with Crippen molar-refractivity contribution in [2.24, 2.45) is 0 Å². The van der Waals surface area contributed by atoms with Gasteiger partial charge in [-0.2, -0.15) is 0 Å². The van der Waals surface area contributed by atoms with Crippen molar-refractivity contribution in [3.63, 3.8) is 0 Å². The summed E-state index contributed by atoms with van der Waals surface area (Å²) in [6, 6.07) is 16.0. The molecule has 4 N–H and O–H groups in total. The van der Waals surface area contributed by atoms with Crippen molar-refractivity contribution in [3.8, 4) is 0 Å². The highest BCUT2D eigenvalue weighted by Gasteiger charge is 2.30. The van der Waals surface area contributed by atoms with Gasteiger partial charge in [0, 0.05) is 11.3 Å². The van der Waals surface area contributed by atoms with Crippen LogP contribution in [-0.4, -0.2) is 51.6 Å². The summed E-state index contributed by atoms with van der Waals surface area (Å²) in [4.78, 5) is 27.7. The molecular weight excluding hydrogens is 364 g/mol. The number of nitrogens with one attached hydrogen (secondary N) is 4. The number of likely N-dealkylation sites (N-methyl/N-ethyl adjacent to an activating group) is 1. The van der Waals surface area contributed by atoms with E-state index in [1.54, 1.807) is 12.1 Å². The fourth-order valence-corrected chi connectivity index (χ4v) is 3.74. The number of quaternary nitrogens is 2. The summed E-state index contributed by atoms with van der Waals surface area (Å²) < 4.78 is 0. The van der Waals surface area contributed by atoms with Crippen LogP contribution in [0.1, 0.15) is 22.7 Å². The molecule has 1 heterocycles. The molecule has 1 aliphatic rings. The Kier molecular flexibility index (Phi) is 7.01. The zero-order valence-corrected chi connectivity index (χ0v) is 17.5. The highest BCUT2D eigenvalue weighted by Crippen LogP contribution is 2.11. The molecule has 0 bridgehead atoms. The zero-order chi connectivity index (χ0) is 20.8. The minimum absolute atomic E-state index is 0.139. The number of benzene rings is 2. The van der Waals surface area contributed by atoms with E-state index in [0.29, 0.717) is 12.2 Å². The van der Waals surface area contributed by atoms with Crippen molar-refractivity contribution >= 4 is 17.5 Å². The third-order valence-corrected chi connectivity index (χ3v) is 5.70. The fraction of sp³-hybridized carbons (Fsp3) is 0.391. The van der Waals surface area contributed by atoms with E-state index in [0.717, 1.165) is 31.7 Å². The molecule has 0 aromatic heterocycles. The second-order valence-corrected chi connectivity index (χ2v) is 8.11. The first kappa shape index (κ1) is 21.0. The summed E-state index contributed by atoms with van der Waals surface area (Å²) in [5, 5.41) is 5.52. The van der Waals surface area contributed by atoms with Crippen molar-refractivity contribution in [1.82, 2.24) is 5.32 Å². The van der Waals surface area contributed by atoms with E-state index in [1.807, 2.05) is 19.1 Å². The van der Waals surface area contributed by atoms with Gasteiger partial charge in [-0.1, -0.05) is 47.5 Å². The molecule has 6 nitrogen and oxygen atoms in total. The van der Waals surface area contributed by atoms with Crippen molar-refractivity contribution in [3.05, 3.63) is 65.2 Å². The van der Waals surface area contributed by atoms with E-state index < -0.39 is 11.8 Å². The highest BCUT2D eigenvalue weighted by molar-refractivity contribution is 6.39. The van der Waals surface area contributed by atoms with E-state index in [2.05, 4.69) is 48.9 Å². The third kappa shape index (κ3) is 5.89. The van der Waals surface area contributed by atoms with E-state index >= 15 is 0 Å². The molecule has 1 saturated heterocycles. The van der Waals surface area contributed by atoms with E-state index in [-0.39, 0.29) is 6.04 Å². The van der Waals surface area contributed by atoms with E-state index in [4.69, 9.17) is 0 Å². The average molecular weight is 397 g/mol. The molecule has 0 aliphatic carbocycles. The molecule has 1 atom stereocenters. The number of carbonyl (C=O) groups excluding carboxylic acids is 2. The molecule has 1 aliphatic heterocycles. The summed E-state index contributed by atoms with van der Waals surface area (Å²) >= 11 is 0. The maximum absolute atomic E-state index is 12.4. The summed E-state index contributed by atoms with van der Waals surface area (Å²) in [6.07, 6.45) is 0. The lowest BCUT2D eigenvalue weighted by atomic mass is 10.0. The van der Waals surface area contributed by atoms with Crippen LogP contribution >= 0.6 is 0 Å². The van der Waals surface area contributed by atoms with Crippen LogP contribution in [0, 0.1) is 13.8 Å². The molecule has 0 saturated carbocycles. The second kappa shape index (κ2) is 9.67. The van der Waals surface area contributed by atoms with Crippen LogP contribution in [-0.2, 0) is 9.59 Å². The minimum atomic E-state index is -0.630. The molecule has 0 radical (unpaired) electrons. The number of amides is 2. The van der Waals surface area contributed by atoms with Gasteiger partial charge in [0.1, 0.15) is 32.2 Å². The predicted octanol–water partition coefficient (Wildman–Crippen LogP) is -0.487. The fourth-order valence-electron chi connectivity index (χ4n) is 3.74. The Hall–Kier alpha value is -2.70. The van der Waals surface area contributed by atoms with Gasteiger partial charge in [0.2, 0.25) is 0 Å². The number of rotatable bonds is 5. The number of hydrogen-bond acceptors (Lipinski definition) is 2. The first-order valence-corrected chi connectivity index (χ1v) is 10.3. The topological polar surface area (TPSA) is 67.1 Å². The normalized spacial score (nSPS) is 20.0. The van der Waals surface area contributed by atoms with Crippen molar-refractivity contribution < 1.29 is 19.4 Å². The monoisotopic (exact) mass is 396 g/mol. The average Bonchev–Trinajstić information content (AvgIpc) is 2.72. The molecule has 3 rings (SSSR count). The number of aryl methyl sites for hydroxylation is 2. The lowest BCUT2D eigenvalue weighted by Gasteiger charge is -2.33.